The first-order valence-electron chi connectivity index (χ1n) is 10.8. The summed E-state index contributed by atoms with van der Waals surface area (Å²) >= 11 is 0. The number of nitrogens with zero attached hydrogens (tertiary/aromatic N) is 3. The molecule has 0 unspecified atom stereocenters. The number of hydrogen-bond acceptors (Lipinski definition) is 5. The molecule has 3 N–H and O–H groups in total. The van der Waals surface area contributed by atoms with Crippen LogP contribution in [0.1, 0.15) is 59.6 Å². The molecule has 0 atom stereocenters. The van der Waals surface area contributed by atoms with Crippen molar-refractivity contribution < 1.29 is 15.0 Å². The Kier molecular flexibility index (Phi) is 5.02. The highest BCUT2D eigenvalue weighted by Crippen LogP contribution is 2.37. The van der Waals surface area contributed by atoms with Gasteiger partial charge in [-0.25, -0.2) is 4.68 Å². The van der Waals surface area contributed by atoms with Gasteiger partial charge in [0.2, 0.25) is 0 Å². The second-order valence-corrected chi connectivity index (χ2v) is 8.40. The van der Waals surface area contributed by atoms with Crippen LogP contribution in [0.2, 0.25) is 0 Å². The number of amides is 1. The Morgan fingerprint density at radius 3 is 2.42 bits per heavy atom. The van der Waals surface area contributed by atoms with Crippen LogP contribution in [0, 0.1) is 0 Å². The Morgan fingerprint density at radius 2 is 1.71 bits per heavy atom. The molecule has 0 spiro atoms. The van der Waals surface area contributed by atoms with E-state index in [9.17, 15) is 15.0 Å². The number of phenolic OH excluding ortho intramolecular Hbond substituents is 2. The topological polar surface area (TPSA) is 90.6 Å². The van der Waals surface area contributed by atoms with Crippen LogP contribution < -0.4 is 5.32 Å². The normalized spacial score (nSPS) is 16.3. The van der Waals surface area contributed by atoms with Crippen molar-refractivity contribution in [3.63, 3.8) is 0 Å². The Morgan fingerprint density at radius 1 is 1.00 bits per heavy atom. The van der Waals surface area contributed by atoms with E-state index < -0.39 is 0 Å². The molecular formula is C24H26N4O3. The number of phenols is 2. The zero-order valence-corrected chi connectivity index (χ0v) is 17.3. The molecular weight excluding hydrogens is 392 g/mol. The number of benzene rings is 2. The van der Waals surface area contributed by atoms with E-state index in [0.717, 1.165) is 29.8 Å². The fourth-order valence-corrected chi connectivity index (χ4v) is 4.74. The van der Waals surface area contributed by atoms with Crippen molar-refractivity contribution in [3.05, 3.63) is 65.4 Å². The molecule has 2 heterocycles. The van der Waals surface area contributed by atoms with Crippen LogP contribution in [0.4, 0.5) is 11.5 Å². The molecule has 2 aliphatic rings. The molecule has 1 amide bonds. The summed E-state index contributed by atoms with van der Waals surface area (Å²) in [5.41, 5.74) is 2.75. The summed E-state index contributed by atoms with van der Waals surface area (Å²) in [4.78, 5) is 15.1. The average Bonchev–Trinajstić information content (AvgIpc) is 3.40. The van der Waals surface area contributed by atoms with Crippen LogP contribution in [0.5, 0.6) is 11.5 Å². The van der Waals surface area contributed by atoms with Crippen molar-refractivity contribution in [2.24, 2.45) is 0 Å². The van der Waals surface area contributed by atoms with Gasteiger partial charge in [-0.1, -0.05) is 43.5 Å². The summed E-state index contributed by atoms with van der Waals surface area (Å²) in [7, 11) is 0. The average molecular weight is 418 g/mol. The lowest BCUT2D eigenvalue weighted by molar-refractivity contribution is 0.0749. The minimum absolute atomic E-state index is 0.106. The molecule has 160 valence electrons. The van der Waals surface area contributed by atoms with Gasteiger partial charge in [0.15, 0.2) is 0 Å². The molecule has 0 saturated heterocycles. The summed E-state index contributed by atoms with van der Waals surface area (Å²) in [5, 5.41) is 28.5. The second kappa shape index (κ2) is 7.98. The van der Waals surface area contributed by atoms with Gasteiger partial charge < -0.3 is 20.4 Å². The van der Waals surface area contributed by atoms with Gasteiger partial charge in [-0.3, -0.25) is 4.79 Å². The molecule has 0 radical (unpaired) electrons. The number of hydrogen-bond donors (Lipinski definition) is 3. The van der Waals surface area contributed by atoms with Crippen molar-refractivity contribution in [2.45, 2.75) is 51.2 Å². The van der Waals surface area contributed by atoms with Crippen LogP contribution >= 0.6 is 0 Å². The minimum Gasteiger partial charge on any atom is -0.508 e. The Labute approximate surface area is 180 Å². The van der Waals surface area contributed by atoms with Crippen molar-refractivity contribution in [3.8, 4) is 11.5 Å². The predicted molar refractivity (Wildman–Crippen MR) is 117 cm³/mol. The molecule has 3 aromatic rings. The molecule has 0 bridgehead atoms. The zero-order valence-electron chi connectivity index (χ0n) is 17.3. The molecule has 31 heavy (non-hydrogen) atoms. The summed E-state index contributed by atoms with van der Waals surface area (Å²) in [6.07, 6.45) is 7.47. The Hall–Kier alpha value is -3.48. The Bertz CT molecular complexity index is 1090. The smallest absolute Gasteiger partial charge is 0.260 e. The third-order valence-corrected chi connectivity index (χ3v) is 6.30. The first-order valence-corrected chi connectivity index (χ1v) is 10.8. The van der Waals surface area contributed by atoms with E-state index in [1.165, 1.54) is 31.4 Å². The molecule has 1 fully saturated rings. The third-order valence-electron chi connectivity index (χ3n) is 6.30. The van der Waals surface area contributed by atoms with Gasteiger partial charge in [0.05, 0.1) is 17.9 Å². The van der Waals surface area contributed by atoms with Crippen LogP contribution in [-0.2, 0) is 13.1 Å². The number of nitrogens with one attached hydrogen (secondary N) is 1. The summed E-state index contributed by atoms with van der Waals surface area (Å²) < 4.78 is 1.96. The minimum atomic E-state index is -0.278. The van der Waals surface area contributed by atoms with E-state index >= 15 is 0 Å². The molecule has 1 aliphatic carbocycles. The first-order chi connectivity index (χ1) is 15.1. The monoisotopic (exact) mass is 418 g/mol. The molecule has 1 aliphatic heterocycles. The van der Waals surface area contributed by atoms with Gasteiger partial charge in [0.25, 0.3) is 5.91 Å². The van der Waals surface area contributed by atoms with Crippen LogP contribution in [0.15, 0.2) is 48.7 Å². The maximum Gasteiger partial charge on any atom is 0.260 e. The molecule has 1 aromatic heterocycles. The largest absolute Gasteiger partial charge is 0.508 e. The number of aromatic nitrogens is 2. The van der Waals surface area contributed by atoms with Crippen LogP contribution in [0.3, 0.4) is 0 Å². The quantitative estimate of drug-likeness (QED) is 0.571. The van der Waals surface area contributed by atoms with Gasteiger partial charge in [-0.2, -0.15) is 5.10 Å². The van der Waals surface area contributed by atoms with Crippen LogP contribution in [-0.4, -0.2) is 30.8 Å². The lowest BCUT2D eigenvalue weighted by Crippen LogP contribution is -2.26. The highest BCUT2D eigenvalue weighted by atomic mass is 16.3. The van der Waals surface area contributed by atoms with E-state index in [0.29, 0.717) is 24.8 Å². The maximum absolute atomic E-state index is 13.4. The molecule has 2 aromatic carbocycles. The van der Waals surface area contributed by atoms with Gasteiger partial charge in [0.1, 0.15) is 22.9 Å². The fourth-order valence-electron chi connectivity index (χ4n) is 4.74. The van der Waals surface area contributed by atoms with E-state index in [4.69, 9.17) is 0 Å². The number of fused-ring (bicyclic) bond motifs is 1. The van der Waals surface area contributed by atoms with Crippen molar-refractivity contribution in [2.75, 3.05) is 5.32 Å². The maximum atomic E-state index is 13.4. The highest BCUT2D eigenvalue weighted by Gasteiger charge is 2.29. The van der Waals surface area contributed by atoms with E-state index in [1.54, 1.807) is 11.1 Å². The highest BCUT2D eigenvalue weighted by molar-refractivity contribution is 6.03. The zero-order chi connectivity index (χ0) is 21.4. The number of anilines is 2. The number of carbonyl (C=O) groups excluding carboxylic acids is 1. The standard InChI is InChI=1S/C24H26N4O3/c29-19-12-20(26-22-10-11-25-28(22)18-8-2-1-3-9-18)23(21(30)13-19)24(31)27-14-16-6-4-5-7-17(16)15-27/h4-7,10-13,18,26,29-30H,1-3,8-9,14-15H2. The van der Waals surface area contributed by atoms with E-state index in [1.807, 2.05) is 35.0 Å². The van der Waals surface area contributed by atoms with Gasteiger partial charge in [-0.05, 0) is 24.0 Å². The lowest BCUT2D eigenvalue weighted by atomic mass is 9.96. The number of carbonyl (C=O) groups is 1. The summed E-state index contributed by atoms with van der Waals surface area (Å²) in [5.74, 6) is 0.118. The lowest BCUT2D eigenvalue weighted by Gasteiger charge is -2.25. The van der Waals surface area contributed by atoms with Crippen molar-refractivity contribution in [1.82, 2.24) is 14.7 Å². The third kappa shape index (κ3) is 3.71. The van der Waals surface area contributed by atoms with Gasteiger partial charge in [-0.15, -0.1) is 0 Å². The SMILES string of the molecule is O=C(c1c(O)cc(O)cc1Nc1ccnn1C1CCCCC1)N1Cc2ccccc2C1. The fraction of sp³-hybridized carbons (Fsp3) is 0.333. The molecule has 1 saturated carbocycles. The first kappa shape index (κ1) is 19.5. The predicted octanol–water partition coefficient (Wildman–Crippen LogP) is 4.70. The summed E-state index contributed by atoms with van der Waals surface area (Å²) in [6, 6.07) is 12.8. The Balaban J connectivity index is 1.46. The van der Waals surface area contributed by atoms with Gasteiger partial charge >= 0.3 is 0 Å². The van der Waals surface area contributed by atoms with Gasteiger partial charge in [0, 0.05) is 31.3 Å². The summed E-state index contributed by atoms with van der Waals surface area (Å²) in [6.45, 7) is 0.990. The number of rotatable bonds is 4. The number of aromatic hydroxyl groups is 2. The molecule has 7 nitrogen and oxygen atoms in total. The molecule has 5 rings (SSSR count). The van der Waals surface area contributed by atoms with E-state index in [2.05, 4.69) is 10.4 Å². The van der Waals surface area contributed by atoms with Crippen molar-refractivity contribution >= 4 is 17.4 Å². The second-order valence-electron chi connectivity index (χ2n) is 8.40. The van der Waals surface area contributed by atoms with Crippen molar-refractivity contribution in [1.29, 1.82) is 0 Å². The van der Waals surface area contributed by atoms with E-state index in [-0.39, 0.29) is 23.0 Å². The van der Waals surface area contributed by atoms with Crippen LogP contribution in [0.25, 0.3) is 0 Å². The molecule has 7 heteroatoms.